The Bertz CT molecular complexity index is 592. The molecule has 0 amide bonds. The minimum atomic E-state index is 0.830. The highest BCUT2D eigenvalue weighted by Crippen LogP contribution is 2.23. The van der Waals surface area contributed by atoms with Crippen molar-refractivity contribution < 1.29 is 9.47 Å². The van der Waals surface area contributed by atoms with Crippen LogP contribution in [0.4, 0.5) is 0 Å². The number of methoxy groups -OCH3 is 2. The molecule has 0 aromatic heterocycles. The van der Waals surface area contributed by atoms with Crippen molar-refractivity contribution in [3.63, 3.8) is 0 Å². The van der Waals surface area contributed by atoms with E-state index in [9.17, 15) is 0 Å². The lowest BCUT2D eigenvalue weighted by atomic mass is 10.1. The van der Waals surface area contributed by atoms with Crippen LogP contribution in [0.15, 0.2) is 48.5 Å². The molecule has 0 aliphatic heterocycles. The van der Waals surface area contributed by atoms with Crippen LogP contribution >= 0.6 is 0 Å². The fraction of sp³-hybridized carbons (Fsp3) is 0.400. The van der Waals surface area contributed by atoms with E-state index >= 15 is 0 Å². The summed E-state index contributed by atoms with van der Waals surface area (Å²) >= 11 is 0. The van der Waals surface area contributed by atoms with Crippen molar-refractivity contribution in [3.8, 4) is 11.5 Å². The lowest BCUT2D eigenvalue weighted by Gasteiger charge is -2.24. The summed E-state index contributed by atoms with van der Waals surface area (Å²) in [6, 6.07) is 16.7. The van der Waals surface area contributed by atoms with Gasteiger partial charge in [-0.2, -0.15) is 0 Å². The highest BCUT2D eigenvalue weighted by Gasteiger charge is 2.10. The van der Waals surface area contributed by atoms with Crippen molar-refractivity contribution >= 4 is 0 Å². The summed E-state index contributed by atoms with van der Waals surface area (Å²) in [5.41, 5.74) is 2.52. The molecule has 0 fully saturated rings. The van der Waals surface area contributed by atoms with Crippen LogP contribution < -0.4 is 9.47 Å². The van der Waals surface area contributed by atoms with Crippen LogP contribution in [0, 0.1) is 0 Å². The fourth-order valence-corrected chi connectivity index (χ4v) is 2.61. The third-order valence-corrected chi connectivity index (χ3v) is 3.93. The highest BCUT2D eigenvalue weighted by atomic mass is 16.5. The normalized spacial score (nSPS) is 11.1. The molecule has 0 atom stereocenters. The van der Waals surface area contributed by atoms with Gasteiger partial charge in [0.1, 0.15) is 11.5 Å². The van der Waals surface area contributed by atoms with Gasteiger partial charge in [0.25, 0.3) is 0 Å². The Morgan fingerprint density at radius 3 is 1.88 bits per heavy atom. The molecule has 2 aromatic rings. The first-order valence-electron chi connectivity index (χ1n) is 8.23. The predicted octanol–water partition coefficient (Wildman–Crippen LogP) is 3.27. The molecule has 0 saturated carbocycles. The van der Waals surface area contributed by atoms with E-state index in [0.29, 0.717) is 0 Å². The maximum Gasteiger partial charge on any atom is 0.122 e. The van der Waals surface area contributed by atoms with E-state index in [0.717, 1.165) is 37.7 Å². The molecule has 0 bridgehead atoms. The monoisotopic (exact) mass is 328 g/mol. The van der Waals surface area contributed by atoms with Gasteiger partial charge in [0.15, 0.2) is 0 Å². The molecule has 2 aromatic carbocycles. The summed E-state index contributed by atoms with van der Waals surface area (Å²) in [6.07, 6.45) is 0. The van der Waals surface area contributed by atoms with E-state index in [-0.39, 0.29) is 0 Å². The van der Waals surface area contributed by atoms with Crippen LogP contribution in [-0.4, -0.2) is 51.2 Å². The number of hydrogen-bond acceptors (Lipinski definition) is 4. The van der Waals surface area contributed by atoms with Crippen LogP contribution in [0.2, 0.25) is 0 Å². The van der Waals surface area contributed by atoms with Gasteiger partial charge < -0.3 is 14.4 Å². The molecule has 0 heterocycles. The van der Waals surface area contributed by atoms with Crippen molar-refractivity contribution in [1.82, 2.24) is 9.80 Å². The number of benzene rings is 2. The summed E-state index contributed by atoms with van der Waals surface area (Å²) in [5, 5.41) is 0. The molecular formula is C20H28N2O2. The molecule has 0 spiro atoms. The van der Waals surface area contributed by atoms with Gasteiger partial charge in [-0.15, -0.1) is 0 Å². The number of ether oxygens (including phenoxy) is 2. The number of nitrogens with zero attached hydrogens (tertiary/aromatic N) is 2. The lowest BCUT2D eigenvalue weighted by molar-refractivity contribution is 0.225. The van der Waals surface area contributed by atoms with Gasteiger partial charge in [-0.25, -0.2) is 0 Å². The Kier molecular flexibility index (Phi) is 7.09. The Morgan fingerprint density at radius 1 is 0.750 bits per heavy atom. The van der Waals surface area contributed by atoms with Crippen LogP contribution in [0.1, 0.15) is 11.1 Å². The topological polar surface area (TPSA) is 24.9 Å². The second-order valence-electron chi connectivity index (χ2n) is 6.22. The quantitative estimate of drug-likeness (QED) is 0.705. The number of rotatable bonds is 9. The molecular weight excluding hydrogens is 300 g/mol. The molecule has 0 saturated heterocycles. The summed E-state index contributed by atoms with van der Waals surface area (Å²) in [4.78, 5) is 4.66. The minimum Gasteiger partial charge on any atom is -0.497 e. The van der Waals surface area contributed by atoms with Crippen LogP contribution in [0.5, 0.6) is 11.5 Å². The number of likely N-dealkylation sites (N-methyl/N-ethyl adjacent to an activating group) is 1. The van der Waals surface area contributed by atoms with Gasteiger partial charge in [-0.05, 0) is 37.4 Å². The van der Waals surface area contributed by atoms with Crippen molar-refractivity contribution in [2.45, 2.75) is 13.1 Å². The second kappa shape index (κ2) is 9.30. The average Bonchev–Trinajstić information content (AvgIpc) is 2.60. The maximum absolute atomic E-state index is 5.39. The standard InChI is InChI=1S/C20H28N2O2/c1-21(2)10-11-22(15-17-8-6-5-7-9-17)16-18-12-19(23-3)14-20(13-18)24-4/h5-9,12-14H,10-11,15-16H2,1-4H3. The Morgan fingerprint density at radius 2 is 1.33 bits per heavy atom. The van der Waals surface area contributed by atoms with Crippen LogP contribution in [-0.2, 0) is 13.1 Å². The predicted molar refractivity (Wildman–Crippen MR) is 98.7 cm³/mol. The van der Waals surface area contributed by atoms with Crippen molar-refractivity contribution in [2.24, 2.45) is 0 Å². The molecule has 0 aliphatic rings. The molecule has 0 unspecified atom stereocenters. The second-order valence-corrected chi connectivity index (χ2v) is 6.22. The largest absolute Gasteiger partial charge is 0.497 e. The Labute approximate surface area is 145 Å². The first-order chi connectivity index (χ1) is 11.6. The van der Waals surface area contributed by atoms with Gasteiger partial charge in [0.05, 0.1) is 14.2 Å². The van der Waals surface area contributed by atoms with Crippen LogP contribution in [0.25, 0.3) is 0 Å². The van der Waals surface area contributed by atoms with Crippen molar-refractivity contribution in [3.05, 3.63) is 59.7 Å². The molecule has 4 nitrogen and oxygen atoms in total. The number of hydrogen-bond donors (Lipinski definition) is 0. The minimum absolute atomic E-state index is 0.830. The molecule has 4 heteroatoms. The lowest BCUT2D eigenvalue weighted by Crippen LogP contribution is -2.31. The zero-order chi connectivity index (χ0) is 17.4. The summed E-state index contributed by atoms with van der Waals surface area (Å²) in [5.74, 6) is 1.66. The first kappa shape index (κ1) is 18.3. The van der Waals surface area contributed by atoms with E-state index in [1.54, 1.807) is 14.2 Å². The van der Waals surface area contributed by atoms with E-state index in [4.69, 9.17) is 9.47 Å². The Hall–Kier alpha value is -2.04. The van der Waals surface area contributed by atoms with Gasteiger partial charge >= 0.3 is 0 Å². The summed E-state index contributed by atoms with van der Waals surface area (Å²) in [7, 11) is 7.59. The smallest absolute Gasteiger partial charge is 0.122 e. The summed E-state index contributed by atoms with van der Waals surface area (Å²) in [6.45, 7) is 3.81. The highest BCUT2D eigenvalue weighted by molar-refractivity contribution is 5.38. The Balaban J connectivity index is 2.14. The molecule has 0 aliphatic carbocycles. The van der Waals surface area contributed by atoms with E-state index in [1.807, 2.05) is 6.07 Å². The third kappa shape index (κ3) is 5.87. The fourth-order valence-electron chi connectivity index (χ4n) is 2.61. The SMILES string of the molecule is COc1cc(CN(CCN(C)C)Cc2ccccc2)cc(OC)c1. The third-order valence-electron chi connectivity index (χ3n) is 3.93. The zero-order valence-electron chi connectivity index (χ0n) is 15.2. The van der Waals surface area contributed by atoms with E-state index in [1.165, 1.54) is 11.1 Å². The maximum atomic E-state index is 5.39. The molecule has 2 rings (SSSR count). The average molecular weight is 328 g/mol. The van der Waals surface area contributed by atoms with Crippen molar-refractivity contribution in [1.29, 1.82) is 0 Å². The van der Waals surface area contributed by atoms with E-state index in [2.05, 4.69) is 66.4 Å². The van der Waals surface area contributed by atoms with Gasteiger partial charge in [-0.3, -0.25) is 4.90 Å². The van der Waals surface area contributed by atoms with E-state index < -0.39 is 0 Å². The molecule has 130 valence electrons. The zero-order valence-corrected chi connectivity index (χ0v) is 15.2. The van der Waals surface area contributed by atoms with Gasteiger partial charge in [0, 0.05) is 32.2 Å². The van der Waals surface area contributed by atoms with Gasteiger partial charge in [-0.1, -0.05) is 30.3 Å². The molecule has 0 radical (unpaired) electrons. The summed E-state index contributed by atoms with van der Waals surface area (Å²) < 4.78 is 10.8. The van der Waals surface area contributed by atoms with Crippen LogP contribution in [0.3, 0.4) is 0 Å². The molecule has 24 heavy (non-hydrogen) atoms. The van der Waals surface area contributed by atoms with Crippen molar-refractivity contribution in [2.75, 3.05) is 41.4 Å². The first-order valence-corrected chi connectivity index (χ1v) is 8.23. The molecule has 0 N–H and O–H groups in total. The van der Waals surface area contributed by atoms with Gasteiger partial charge in [0.2, 0.25) is 0 Å².